The number of aliphatic hydroxyl groups is 1. The molecule has 6 rings (SSSR count). The Morgan fingerprint density at radius 2 is 2.10 bits per heavy atom. The summed E-state index contributed by atoms with van der Waals surface area (Å²) in [7, 11) is 1.87. The van der Waals surface area contributed by atoms with Gasteiger partial charge in [-0.25, -0.2) is 14.2 Å². The van der Waals surface area contributed by atoms with Crippen LogP contribution in [0, 0.1) is 12.7 Å². The number of carbonyl (C=O) groups is 2. The molecule has 4 heterocycles. The molecule has 0 spiro atoms. The van der Waals surface area contributed by atoms with Crippen LogP contribution >= 0.6 is 11.8 Å². The van der Waals surface area contributed by atoms with E-state index in [1.165, 1.54) is 6.07 Å². The van der Waals surface area contributed by atoms with Gasteiger partial charge < -0.3 is 25.0 Å². The summed E-state index contributed by atoms with van der Waals surface area (Å²) in [5.74, 6) is -0.0967. The van der Waals surface area contributed by atoms with Gasteiger partial charge in [-0.3, -0.25) is 9.59 Å². The van der Waals surface area contributed by atoms with Crippen molar-refractivity contribution in [2.75, 3.05) is 25.1 Å². The molecule has 2 aromatic heterocycles. The van der Waals surface area contributed by atoms with Crippen LogP contribution < -0.4 is 16.2 Å². The monoisotopic (exact) mass is 566 g/mol. The summed E-state index contributed by atoms with van der Waals surface area (Å²) in [6, 6.07) is 2.73. The van der Waals surface area contributed by atoms with Crippen molar-refractivity contribution in [3.8, 4) is 11.4 Å². The second-order valence-corrected chi connectivity index (χ2v) is 11.7. The van der Waals surface area contributed by atoms with Crippen molar-refractivity contribution in [2.45, 2.75) is 57.9 Å². The second-order valence-electron chi connectivity index (χ2n) is 10.6. The lowest BCUT2D eigenvalue weighted by Gasteiger charge is -2.31. The molecular weight excluding hydrogens is 535 g/mol. The minimum Gasteiger partial charge on any atom is -0.458 e. The molecule has 0 bridgehead atoms. The predicted molar refractivity (Wildman–Crippen MR) is 150 cm³/mol. The normalized spacial score (nSPS) is 20.6. The molecule has 3 N–H and O–H groups in total. The average molecular weight is 567 g/mol. The average Bonchev–Trinajstić information content (AvgIpc) is 3.31. The summed E-state index contributed by atoms with van der Waals surface area (Å²) in [5.41, 5.74) is 2.67. The summed E-state index contributed by atoms with van der Waals surface area (Å²) in [4.78, 5) is 44.0. The maximum atomic E-state index is 15.0. The third-order valence-corrected chi connectivity index (χ3v) is 9.40. The van der Waals surface area contributed by atoms with Crippen LogP contribution in [0.25, 0.3) is 22.3 Å². The number of carbonyl (C=O) groups excluding carboxylic acids is 2. The second kappa shape index (κ2) is 9.97. The molecule has 9 nitrogen and oxygen atoms in total. The molecule has 2 atom stereocenters. The zero-order valence-corrected chi connectivity index (χ0v) is 23.5. The van der Waals surface area contributed by atoms with Crippen LogP contribution in [0.5, 0.6) is 0 Å². The quantitative estimate of drug-likeness (QED) is 0.231. The zero-order valence-electron chi connectivity index (χ0n) is 22.6. The standard InChI is InChI=1S/C29H31FN4O5S/c1-4-29(38)18-9-22-26-16(11-34(22)27(36)17(18)12-39-28(29)37)25-20(32-23(35)13-40-8-7-31-3)6-5-15-14(2)19(30)10-21(33-26)24(15)25/h9-10,20,31,38H,4-8,11-13H2,1-3H3,(H,32,35)/t20-,29-/m0/s1. The molecule has 0 saturated heterocycles. The van der Waals surface area contributed by atoms with Gasteiger partial charge in [0, 0.05) is 34.9 Å². The largest absolute Gasteiger partial charge is 0.458 e. The SMILES string of the molecule is CC[C@@]1(O)C(=O)OCc2c1cc1n(c2=O)Cc2c-1nc1cc(F)c(C)c3c1c2[C@@H](NC(=O)CSCCNC)CC3. The van der Waals surface area contributed by atoms with Crippen molar-refractivity contribution in [3.05, 3.63) is 61.7 Å². The lowest BCUT2D eigenvalue weighted by atomic mass is 9.81. The number of rotatable bonds is 7. The first-order valence-corrected chi connectivity index (χ1v) is 14.7. The highest BCUT2D eigenvalue weighted by Gasteiger charge is 2.46. The minimum atomic E-state index is -1.94. The van der Waals surface area contributed by atoms with Gasteiger partial charge in [-0.2, -0.15) is 11.8 Å². The van der Waals surface area contributed by atoms with Gasteiger partial charge in [0.25, 0.3) is 5.56 Å². The number of benzene rings is 1. The summed E-state index contributed by atoms with van der Waals surface area (Å²) in [6.07, 6.45) is 1.23. The maximum Gasteiger partial charge on any atom is 0.343 e. The number of halogens is 1. The number of aryl methyl sites for hydroxylation is 1. The summed E-state index contributed by atoms with van der Waals surface area (Å²) >= 11 is 1.55. The third-order valence-electron chi connectivity index (χ3n) is 8.44. The highest BCUT2D eigenvalue weighted by Crippen LogP contribution is 2.45. The molecule has 0 unspecified atom stereocenters. The molecule has 11 heteroatoms. The summed E-state index contributed by atoms with van der Waals surface area (Å²) in [6.45, 7) is 4.22. The van der Waals surface area contributed by atoms with E-state index in [4.69, 9.17) is 9.72 Å². The molecule has 3 aliphatic rings. The van der Waals surface area contributed by atoms with E-state index in [0.717, 1.165) is 34.4 Å². The number of hydrogen-bond donors (Lipinski definition) is 3. The topological polar surface area (TPSA) is 123 Å². The molecule has 3 aromatic rings. The van der Waals surface area contributed by atoms with Crippen molar-refractivity contribution in [3.63, 3.8) is 0 Å². The van der Waals surface area contributed by atoms with Gasteiger partial charge in [-0.15, -0.1) is 0 Å². The number of ether oxygens (including phenoxy) is 1. The first-order chi connectivity index (χ1) is 19.2. The highest BCUT2D eigenvalue weighted by atomic mass is 32.2. The van der Waals surface area contributed by atoms with Crippen LogP contribution in [0.2, 0.25) is 0 Å². The maximum absolute atomic E-state index is 15.0. The first kappa shape index (κ1) is 26.9. The Bertz CT molecular complexity index is 1650. The van der Waals surface area contributed by atoms with E-state index < -0.39 is 11.6 Å². The van der Waals surface area contributed by atoms with Gasteiger partial charge in [0.1, 0.15) is 12.4 Å². The van der Waals surface area contributed by atoms with E-state index in [1.54, 1.807) is 36.2 Å². The zero-order chi connectivity index (χ0) is 28.3. The molecule has 40 heavy (non-hydrogen) atoms. The first-order valence-electron chi connectivity index (χ1n) is 13.5. The molecular formula is C29H31FN4O5S. The van der Waals surface area contributed by atoms with Gasteiger partial charge in [-0.05, 0) is 56.0 Å². The molecule has 210 valence electrons. The van der Waals surface area contributed by atoms with Gasteiger partial charge in [0.2, 0.25) is 5.91 Å². The van der Waals surface area contributed by atoms with E-state index in [0.29, 0.717) is 41.1 Å². The van der Waals surface area contributed by atoms with E-state index in [1.807, 2.05) is 7.05 Å². The van der Waals surface area contributed by atoms with Gasteiger partial charge in [0.05, 0.1) is 40.8 Å². The minimum absolute atomic E-state index is 0.0409. The van der Waals surface area contributed by atoms with Gasteiger partial charge >= 0.3 is 5.97 Å². The number of thioether (sulfide) groups is 1. The molecule has 2 aliphatic heterocycles. The van der Waals surface area contributed by atoms with E-state index in [2.05, 4.69) is 10.6 Å². The van der Waals surface area contributed by atoms with Crippen molar-refractivity contribution in [1.82, 2.24) is 20.2 Å². The number of aromatic nitrogens is 2. The van der Waals surface area contributed by atoms with Crippen molar-refractivity contribution in [1.29, 1.82) is 0 Å². The van der Waals surface area contributed by atoms with Gasteiger partial charge in [0.15, 0.2) is 5.60 Å². The molecule has 1 aliphatic carbocycles. The fourth-order valence-electron chi connectivity index (χ4n) is 6.27. The van der Waals surface area contributed by atoms with Crippen LogP contribution in [-0.4, -0.2) is 51.6 Å². The molecule has 1 aromatic carbocycles. The Morgan fingerprint density at radius 1 is 1.30 bits per heavy atom. The van der Waals surface area contributed by atoms with Crippen LogP contribution in [0.3, 0.4) is 0 Å². The highest BCUT2D eigenvalue weighted by molar-refractivity contribution is 7.99. The number of hydrogen-bond acceptors (Lipinski definition) is 8. The van der Waals surface area contributed by atoms with Crippen LogP contribution in [0.1, 0.15) is 59.2 Å². The third kappa shape index (κ3) is 3.97. The fourth-order valence-corrected chi connectivity index (χ4v) is 7.04. The Hall–Kier alpha value is -3.28. The smallest absolute Gasteiger partial charge is 0.343 e. The Morgan fingerprint density at radius 3 is 2.85 bits per heavy atom. The molecule has 0 fully saturated rings. The number of pyridine rings is 2. The Kier molecular flexibility index (Phi) is 6.71. The number of nitrogens with zero attached hydrogens (tertiary/aromatic N) is 2. The summed E-state index contributed by atoms with van der Waals surface area (Å²) in [5, 5.41) is 18.3. The van der Waals surface area contributed by atoms with Crippen molar-refractivity contribution >= 4 is 34.5 Å². The summed E-state index contributed by atoms with van der Waals surface area (Å²) < 4.78 is 21.8. The Labute approximate surface area is 234 Å². The lowest BCUT2D eigenvalue weighted by molar-refractivity contribution is -0.172. The van der Waals surface area contributed by atoms with E-state index >= 15 is 4.39 Å². The van der Waals surface area contributed by atoms with E-state index in [9.17, 15) is 19.5 Å². The number of nitrogens with one attached hydrogen (secondary N) is 2. The Balaban J connectivity index is 1.52. The number of cyclic esters (lactones) is 1. The van der Waals surface area contributed by atoms with Crippen LogP contribution in [-0.2, 0) is 39.5 Å². The molecule has 0 saturated carbocycles. The van der Waals surface area contributed by atoms with Crippen LogP contribution in [0.4, 0.5) is 4.39 Å². The van der Waals surface area contributed by atoms with Crippen LogP contribution in [0.15, 0.2) is 16.9 Å². The molecule has 0 radical (unpaired) electrons. The number of fused-ring (bicyclic) bond motifs is 5. The fraction of sp³-hybridized carbons (Fsp3) is 0.448. The number of amides is 1. The van der Waals surface area contributed by atoms with E-state index in [-0.39, 0.29) is 54.0 Å². The van der Waals surface area contributed by atoms with Crippen molar-refractivity contribution < 1.29 is 23.8 Å². The number of esters is 1. The van der Waals surface area contributed by atoms with Gasteiger partial charge in [-0.1, -0.05) is 6.92 Å². The van der Waals surface area contributed by atoms with Crippen molar-refractivity contribution in [2.24, 2.45) is 0 Å². The molecule has 1 amide bonds. The lowest BCUT2D eigenvalue weighted by Crippen LogP contribution is -2.44. The predicted octanol–water partition coefficient (Wildman–Crippen LogP) is 2.58.